The molecule has 1 aromatic heterocycles. The van der Waals surface area contributed by atoms with Crippen molar-refractivity contribution in [1.82, 2.24) is 9.88 Å². The number of methoxy groups -OCH3 is 1. The highest BCUT2D eigenvalue weighted by Crippen LogP contribution is 2.29. The lowest BCUT2D eigenvalue weighted by Crippen LogP contribution is -2.30. The van der Waals surface area contributed by atoms with Crippen LogP contribution in [-0.4, -0.2) is 30.6 Å². The molecule has 1 atom stereocenters. The molecule has 0 aliphatic heterocycles. The molecule has 0 spiro atoms. The van der Waals surface area contributed by atoms with Gasteiger partial charge in [-0.25, -0.2) is 4.98 Å². The number of rotatable bonds is 6. The fourth-order valence-electron chi connectivity index (χ4n) is 2.31. The van der Waals surface area contributed by atoms with Crippen LogP contribution < -0.4 is 10.5 Å². The predicted octanol–water partition coefficient (Wildman–Crippen LogP) is 3.25. The van der Waals surface area contributed by atoms with E-state index in [0.717, 1.165) is 22.8 Å². The number of hydrogen-bond donors (Lipinski definition) is 1. The summed E-state index contributed by atoms with van der Waals surface area (Å²) in [6.45, 7) is 3.29. The minimum absolute atomic E-state index is 0.0930. The highest BCUT2D eigenvalue weighted by Gasteiger charge is 2.18. The van der Waals surface area contributed by atoms with Gasteiger partial charge in [0.15, 0.2) is 0 Å². The number of halogens is 1. The summed E-state index contributed by atoms with van der Waals surface area (Å²) in [4.78, 5) is 6.68. The molecule has 4 nitrogen and oxygen atoms in total. The first kappa shape index (κ1) is 16.2. The van der Waals surface area contributed by atoms with Crippen LogP contribution in [0.3, 0.4) is 0 Å². The lowest BCUT2D eigenvalue weighted by Gasteiger charge is -2.27. The topological polar surface area (TPSA) is 51.4 Å². The maximum atomic E-state index is 6.20. The van der Waals surface area contributed by atoms with Crippen LogP contribution in [0.15, 0.2) is 23.6 Å². The molecule has 0 aliphatic carbocycles. The van der Waals surface area contributed by atoms with Crippen molar-refractivity contribution >= 4 is 22.9 Å². The molecule has 0 radical (unpaired) electrons. The van der Waals surface area contributed by atoms with Crippen LogP contribution in [0.5, 0.6) is 5.75 Å². The molecule has 114 valence electrons. The molecule has 6 heteroatoms. The van der Waals surface area contributed by atoms with Crippen LogP contribution in [0, 0.1) is 6.92 Å². The summed E-state index contributed by atoms with van der Waals surface area (Å²) in [5.41, 5.74) is 8.10. The number of likely N-dealkylation sites (N-methyl/N-ethyl adjacent to an activating group) is 1. The van der Waals surface area contributed by atoms with Gasteiger partial charge in [0.1, 0.15) is 5.75 Å². The van der Waals surface area contributed by atoms with E-state index in [1.54, 1.807) is 18.4 Å². The van der Waals surface area contributed by atoms with Crippen molar-refractivity contribution in [3.05, 3.63) is 44.9 Å². The number of thiazole rings is 1. The number of nitrogens with two attached hydrogens (primary N) is 1. The average Bonchev–Trinajstić information content (AvgIpc) is 2.85. The van der Waals surface area contributed by atoms with E-state index in [-0.39, 0.29) is 6.04 Å². The van der Waals surface area contributed by atoms with Gasteiger partial charge in [0.05, 0.1) is 22.8 Å². The molecular formula is C15H20ClN3OS. The van der Waals surface area contributed by atoms with Crippen LogP contribution in [0.4, 0.5) is 0 Å². The van der Waals surface area contributed by atoms with E-state index in [1.165, 1.54) is 0 Å². The zero-order chi connectivity index (χ0) is 15.4. The molecule has 2 rings (SSSR count). The summed E-state index contributed by atoms with van der Waals surface area (Å²) < 4.78 is 5.19. The lowest BCUT2D eigenvalue weighted by molar-refractivity contribution is 0.239. The molecule has 1 aromatic carbocycles. The first-order valence-corrected chi connectivity index (χ1v) is 7.95. The van der Waals surface area contributed by atoms with Crippen LogP contribution in [-0.2, 0) is 6.54 Å². The first-order valence-electron chi connectivity index (χ1n) is 6.70. The van der Waals surface area contributed by atoms with Gasteiger partial charge in [-0.15, -0.1) is 11.3 Å². The second-order valence-corrected chi connectivity index (χ2v) is 6.39. The van der Waals surface area contributed by atoms with Gasteiger partial charge in [0.2, 0.25) is 0 Å². The van der Waals surface area contributed by atoms with Crippen molar-refractivity contribution in [2.24, 2.45) is 5.73 Å². The SMILES string of the molecule is COc1ccc(C(CN)N(C)Cc2csc(C)n2)cc1Cl. The van der Waals surface area contributed by atoms with Crippen molar-refractivity contribution in [3.8, 4) is 5.75 Å². The lowest BCUT2D eigenvalue weighted by atomic mass is 10.1. The molecule has 0 bridgehead atoms. The largest absolute Gasteiger partial charge is 0.495 e. The Morgan fingerprint density at radius 3 is 2.76 bits per heavy atom. The Morgan fingerprint density at radius 2 is 2.24 bits per heavy atom. The number of aryl methyl sites for hydroxylation is 1. The number of ether oxygens (including phenoxy) is 1. The maximum absolute atomic E-state index is 6.20. The molecule has 0 aliphatic rings. The standard InChI is InChI=1S/C15H20ClN3OS/c1-10-18-12(9-21-10)8-19(2)14(7-17)11-4-5-15(20-3)13(16)6-11/h4-6,9,14H,7-8,17H2,1-3H3. The smallest absolute Gasteiger partial charge is 0.137 e. The van der Waals surface area contributed by atoms with E-state index < -0.39 is 0 Å². The van der Waals surface area contributed by atoms with E-state index in [1.807, 2.05) is 32.2 Å². The van der Waals surface area contributed by atoms with E-state index in [2.05, 4.69) is 15.3 Å². The summed E-state index contributed by atoms with van der Waals surface area (Å²) in [6.07, 6.45) is 0. The molecule has 0 saturated carbocycles. The Hall–Kier alpha value is -1.14. The third kappa shape index (κ3) is 3.95. The number of aromatic nitrogens is 1. The van der Waals surface area contributed by atoms with E-state index in [9.17, 15) is 0 Å². The Morgan fingerprint density at radius 1 is 1.48 bits per heavy atom. The van der Waals surface area contributed by atoms with Crippen molar-refractivity contribution < 1.29 is 4.74 Å². The van der Waals surface area contributed by atoms with Crippen molar-refractivity contribution in [2.45, 2.75) is 19.5 Å². The van der Waals surface area contributed by atoms with Crippen LogP contribution in [0.1, 0.15) is 22.3 Å². The van der Waals surface area contributed by atoms with Gasteiger partial charge in [-0.1, -0.05) is 17.7 Å². The second kappa shape index (κ2) is 7.22. The monoisotopic (exact) mass is 325 g/mol. The normalized spacial score (nSPS) is 12.7. The Kier molecular flexibility index (Phi) is 5.58. The Balaban J connectivity index is 2.16. The van der Waals surface area contributed by atoms with Gasteiger partial charge in [-0.05, 0) is 31.7 Å². The van der Waals surface area contributed by atoms with Crippen LogP contribution >= 0.6 is 22.9 Å². The summed E-state index contributed by atoms with van der Waals surface area (Å²) in [5, 5.41) is 3.77. The van der Waals surface area contributed by atoms with Crippen molar-refractivity contribution in [1.29, 1.82) is 0 Å². The van der Waals surface area contributed by atoms with Gasteiger partial charge in [0, 0.05) is 24.5 Å². The van der Waals surface area contributed by atoms with Crippen LogP contribution in [0.25, 0.3) is 0 Å². The maximum Gasteiger partial charge on any atom is 0.137 e. The fourth-order valence-corrected chi connectivity index (χ4v) is 3.18. The highest BCUT2D eigenvalue weighted by molar-refractivity contribution is 7.09. The van der Waals surface area contributed by atoms with E-state index in [0.29, 0.717) is 17.3 Å². The average molecular weight is 326 g/mol. The highest BCUT2D eigenvalue weighted by atomic mass is 35.5. The molecule has 2 N–H and O–H groups in total. The van der Waals surface area contributed by atoms with Gasteiger partial charge in [0.25, 0.3) is 0 Å². The van der Waals surface area contributed by atoms with Crippen LogP contribution in [0.2, 0.25) is 5.02 Å². The van der Waals surface area contributed by atoms with Gasteiger partial charge in [-0.3, -0.25) is 4.90 Å². The van der Waals surface area contributed by atoms with Crippen molar-refractivity contribution in [3.63, 3.8) is 0 Å². The van der Waals surface area contributed by atoms with Gasteiger partial charge >= 0.3 is 0 Å². The van der Waals surface area contributed by atoms with Gasteiger partial charge < -0.3 is 10.5 Å². The predicted molar refractivity (Wildman–Crippen MR) is 88.1 cm³/mol. The number of nitrogens with zero attached hydrogens (tertiary/aromatic N) is 2. The quantitative estimate of drug-likeness (QED) is 0.885. The van der Waals surface area contributed by atoms with Crippen molar-refractivity contribution in [2.75, 3.05) is 20.7 Å². The third-order valence-corrected chi connectivity index (χ3v) is 4.51. The molecule has 1 heterocycles. The summed E-state index contributed by atoms with van der Waals surface area (Å²) in [6, 6.07) is 5.89. The Labute approximate surface area is 134 Å². The molecular weight excluding hydrogens is 306 g/mol. The first-order chi connectivity index (χ1) is 10.0. The number of hydrogen-bond acceptors (Lipinski definition) is 5. The third-order valence-electron chi connectivity index (χ3n) is 3.39. The Bertz CT molecular complexity index is 602. The zero-order valence-electron chi connectivity index (χ0n) is 12.5. The molecule has 0 fully saturated rings. The molecule has 21 heavy (non-hydrogen) atoms. The van der Waals surface area contributed by atoms with Gasteiger partial charge in [-0.2, -0.15) is 0 Å². The van der Waals surface area contributed by atoms with E-state index in [4.69, 9.17) is 22.1 Å². The fraction of sp³-hybridized carbons (Fsp3) is 0.400. The zero-order valence-corrected chi connectivity index (χ0v) is 14.0. The minimum Gasteiger partial charge on any atom is -0.495 e. The van der Waals surface area contributed by atoms with E-state index >= 15 is 0 Å². The molecule has 0 amide bonds. The summed E-state index contributed by atoms with van der Waals surface area (Å²) in [5.74, 6) is 0.675. The minimum atomic E-state index is 0.0930. The summed E-state index contributed by atoms with van der Waals surface area (Å²) in [7, 11) is 3.66. The molecule has 1 unspecified atom stereocenters. The number of benzene rings is 1. The summed E-state index contributed by atoms with van der Waals surface area (Å²) >= 11 is 7.87. The molecule has 2 aromatic rings. The molecule has 0 saturated heterocycles. The second-order valence-electron chi connectivity index (χ2n) is 4.92.